The number of hydrogen-bond acceptors (Lipinski definition) is 5. The number of rotatable bonds is 9. The molecule has 0 amide bonds. The first-order valence-electron chi connectivity index (χ1n) is 7.82. The Morgan fingerprint density at radius 3 is 1.89 bits per heavy atom. The minimum Gasteiger partial charge on any atom is -0.493 e. The van der Waals surface area contributed by atoms with Crippen molar-refractivity contribution in [3.8, 4) is 23.0 Å². The number of hydrogen-bond donors (Lipinski definition) is 0. The lowest BCUT2D eigenvalue weighted by Gasteiger charge is -2.10. The van der Waals surface area contributed by atoms with Crippen LogP contribution in [0.25, 0.3) is 6.08 Å². The molecular weight excluding hydrogens is 384 g/mol. The van der Waals surface area contributed by atoms with Crippen molar-refractivity contribution in [2.24, 2.45) is 0 Å². The number of benzene rings is 2. The molecule has 0 saturated heterocycles. The van der Waals surface area contributed by atoms with Gasteiger partial charge in [0.1, 0.15) is 0 Å². The van der Waals surface area contributed by atoms with Gasteiger partial charge in [0.05, 0.1) is 14.2 Å². The van der Waals surface area contributed by atoms with Gasteiger partial charge in [-0.3, -0.25) is 4.79 Å². The number of halogens is 4. The van der Waals surface area contributed by atoms with Gasteiger partial charge < -0.3 is 18.9 Å². The fourth-order valence-electron chi connectivity index (χ4n) is 2.26. The van der Waals surface area contributed by atoms with Crippen molar-refractivity contribution in [1.29, 1.82) is 0 Å². The lowest BCUT2D eigenvalue weighted by Crippen LogP contribution is -2.04. The van der Waals surface area contributed by atoms with Gasteiger partial charge in [-0.1, -0.05) is 12.1 Å². The predicted octanol–water partition coefficient (Wildman–Crippen LogP) is 4.80. The van der Waals surface area contributed by atoms with Gasteiger partial charge in [0.25, 0.3) is 0 Å². The number of ketones is 1. The maximum absolute atomic E-state index is 12.3. The third-order valence-electron chi connectivity index (χ3n) is 3.50. The molecule has 0 heterocycles. The van der Waals surface area contributed by atoms with Crippen LogP contribution in [0, 0.1) is 0 Å². The Morgan fingerprint density at radius 2 is 1.36 bits per heavy atom. The quantitative estimate of drug-likeness (QED) is 0.344. The highest BCUT2D eigenvalue weighted by molar-refractivity contribution is 6.07. The first kappa shape index (κ1) is 21.1. The van der Waals surface area contributed by atoms with E-state index in [0.717, 1.165) is 0 Å². The topological polar surface area (TPSA) is 54.0 Å². The molecule has 2 rings (SSSR count). The van der Waals surface area contributed by atoms with Gasteiger partial charge >= 0.3 is 13.2 Å². The summed E-state index contributed by atoms with van der Waals surface area (Å²) in [6, 6.07) is 7.95. The van der Waals surface area contributed by atoms with Crippen LogP contribution < -0.4 is 18.9 Å². The number of allylic oxidation sites excluding steroid dienone is 1. The number of methoxy groups -OCH3 is 2. The van der Waals surface area contributed by atoms with E-state index in [-0.39, 0.29) is 28.6 Å². The van der Waals surface area contributed by atoms with Gasteiger partial charge in [-0.15, -0.1) is 0 Å². The largest absolute Gasteiger partial charge is 0.493 e. The second-order valence-corrected chi connectivity index (χ2v) is 5.23. The van der Waals surface area contributed by atoms with Crippen LogP contribution in [0.1, 0.15) is 15.9 Å². The molecule has 0 aliphatic carbocycles. The van der Waals surface area contributed by atoms with E-state index in [0.29, 0.717) is 5.56 Å². The van der Waals surface area contributed by atoms with Crippen molar-refractivity contribution in [3.05, 3.63) is 53.6 Å². The molecule has 0 atom stereocenters. The van der Waals surface area contributed by atoms with Crippen LogP contribution in [0.3, 0.4) is 0 Å². The van der Waals surface area contributed by atoms with Crippen LogP contribution in [0.5, 0.6) is 23.0 Å². The first-order valence-corrected chi connectivity index (χ1v) is 7.82. The van der Waals surface area contributed by atoms with E-state index in [1.807, 2.05) is 0 Å². The number of carbonyl (C=O) groups is 1. The Hall–Kier alpha value is -3.23. The van der Waals surface area contributed by atoms with Gasteiger partial charge in [-0.25, -0.2) is 0 Å². The standard InChI is InChI=1S/C19H16F4O5/c1-25-16-9-11(4-7-14(16)27-18(20)21)3-6-13(24)12-5-8-15(28-19(22)23)17(10-12)26-2/h3-10,18-19H,1-2H3. The molecule has 0 saturated carbocycles. The SMILES string of the molecule is COc1cc(C=CC(=O)c2ccc(OC(F)F)c(OC)c2)ccc1OC(F)F. The summed E-state index contributed by atoms with van der Waals surface area (Å²) in [4.78, 5) is 12.3. The molecular formula is C19H16F4O5. The highest BCUT2D eigenvalue weighted by atomic mass is 19.3. The minimum absolute atomic E-state index is 0.0188. The molecule has 0 fully saturated rings. The van der Waals surface area contributed by atoms with E-state index in [1.54, 1.807) is 0 Å². The fourth-order valence-corrected chi connectivity index (χ4v) is 2.26. The van der Waals surface area contributed by atoms with E-state index in [9.17, 15) is 22.4 Å². The summed E-state index contributed by atoms with van der Waals surface area (Å²) < 4.78 is 67.9. The van der Waals surface area contributed by atoms with E-state index in [4.69, 9.17) is 9.47 Å². The fraction of sp³-hybridized carbons (Fsp3) is 0.211. The average molecular weight is 400 g/mol. The average Bonchev–Trinajstić information content (AvgIpc) is 2.66. The maximum atomic E-state index is 12.3. The smallest absolute Gasteiger partial charge is 0.387 e. The van der Waals surface area contributed by atoms with Crippen LogP contribution in [0.2, 0.25) is 0 Å². The lowest BCUT2D eigenvalue weighted by molar-refractivity contribution is -0.0518. The molecule has 9 heteroatoms. The molecule has 28 heavy (non-hydrogen) atoms. The van der Waals surface area contributed by atoms with Crippen molar-refractivity contribution in [1.82, 2.24) is 0 Å². The summed E-state index contributed by atoms with van der Waals surface area (Å²) in [6.45, 7) is -6.02. The zero-order valence-corrected chi connectivity index (χ0v) is 14.8. The maximum Gasteiger partial charge on any atom is 0.387 e. The Balaban J connectivity index is 2.19. The third kappa shape index (κ3) is 5.63. The minimum atomic E-state index is -3.03. The Bertz CT molecular complexity index is 852. The molecule has 0 unspecified atom stereocenters. The summed E-state index contributed by atoms with van der Waals surface area (Å²) in [5.41, 5.74) is 0.677. The van der Waals surface area contributed by atoms with E-state index in [2.05, 4.69) is 9.47 Å². The Labute approximate surface area is 158 Å². The molecule has 0 bridgehead atoms. The van der Waals surface area contributed by atoms with Crippen molar-refractivity contribution in [3.63, 3.8) is 0 Å². The van der Waals surface area contributed by atoms with Gasteiger partial charge in [0, 0.05) is 5.56 Å². The van der Waals surface area contributed by atoms with Gasteiger partial charge in [0.2, 0.25) is 0 Å². The zero-order chi connectivity index (χ0) is 20.7. The predicted molar refractivity (Wildman–Crippen MR) is 92.6 cm³/mol. The molecule has 0 aromatic heterocycles. The van der Waals surface area contributed by atoms with E-state index < -0.39 is 19.0 Å². The second kappa shape index (κ2) is 9.63. The summed E-state index contributed by atoms with van der Waals surface area (Å²) in [7, 11) is 2.55. The van der Waals surface area contributed by atoms with Gasteiger partial charge in [-0.05, 0) is 42.0 Å². The molecule has 2 aromatic rings. The second-order valence-electron chi connectivity index (χ2n) is 5.23. The van der Waals surface area contributed by atoms with Crippen molar-refractivity contribution in [2.75, 3.05) is 14.2 Å². The monoisotopic (exact) mass is 400 g/mol. The van der Waals surface area contributed by atoms with Crippen LogP contribution in [0.4, 0.5) is 17.6 Å². The Kier molecular flexibility index (Phi) is 7.25. The van der Waals surface area contributed by atoms with Crippen LogP contribution in [0.15, 0.2) is 42.5 Å². The summed E-state index contributed by atoms with van der Waals surface area (Å²) in [5, 5.41) is 0. The van der Waals surface area contributed by atoms with Gasteiger partial charge in [-0.2, -0.15) is 17.6 Å². The van der Waals surface area contributed by atoms with Gasteiger partial charge in [0.15, 0.2) is 28.8 Å². The van der Waals surface area contributed by atoms with Crippen LogP contribution in [-0.4, -0.2) is 33.2 Å². The highest BCUT2D eigenvalue weighted by Gasteiger charge is 2.14. The van der Waals surface area contributed by atoms with Crippen molar-refractivity contribution < 1.29 is 41.3 Å². The van der Waals surface area contributed by atoms with Crippen LogP contribution >= 0.6 is 0 Å². The number of alkyl halides is 4. The lowest BCUT2D eigenvalue weighted by atomic mass is 10.1. The Morgan fingerprint density at radius 1 is 0.821 bits per heavy atom. The number of carbonyl (C=O) groups excluding carboxylic acids is 1. The molecule has 0 aliphatic heterocycles. The molecule has 150 valence electrons. The van der Waals surface area contributed by atoms with Crippen LogP contribution in [-0.2, 0) is 0 Å². The molecule has 2 aromatic carbocycles. The molecule has 0 radical (unpaired) electrons. The summed E-state index contributed by atoms with van der Waals surface area (Å²) >= 11 is 0. The third-order valence-corrected chi connectivity index (χ3v) is 3.50. The highest BCUT2D eigenvalue weighted by Crippen LogP contribution is 2.31. The van der Waals surface area contributed by atoms with E-state index in [1.165, 1.54) is 62.8 Å². The molecule has 5 nitrogen and oxygen atoms in total. The zero-order valence-electron chi connectivity index (χ0n) is 14.8. The number of ether oxygens (including phenoxy) is 4. The van der Waals surface area contributed by atoms with E-state index >= 15 is 0 Å². The normalized spacial score (nSPS) is 11.1. The first-order chi connectivity index (χ1) is 13.3. The molecule has 0 N–H and O–H groups in total. The summed E-state index contributed by atoms with van der Waals surface area (Å²) in [5.74, 6) is -0.716. The van der Waals surface area contributed by atoms with Crippen molar-refractivity contribution in [2.45, 2.75) is 13.2 Å². The van der Waals surface area contributed by atoms with Crippen molar-refractivity contribution >= 4 is 11.9 Å². The summed E-state index contributed by atoms with van der Waals surface area (Å²) in [6.07, 6.45) is 2.66. The molecule has 0 spiro atoms. The molecule has 0 aliphatic rings.